The van der Waals surface area contributed by atoms with E-state index < -0.39 is 0 Å². The molecule has 116 valence electrons. The number of hydrogen-bond donors (Lipinski definition) is 1. The molecule has 0 aliphatic carbocycles. The van der Waals surface area contributed by atoms with Crippen molar-refractivity contribution in [2.24, 2.45) is 17.6 Å². The molecule has 2 aromatic carbocycles. The van der Waals surface area contributed by atoms with E-state index in [2.05, 4.69) is 72.5 Å². The number of nitrogens with two attached hydrogens (primary N) is 1. The fraction of sp³-hybridized carbons (Fsp3) is 0.400. The Morgan fingerprint density at radius 3 is 2.32 bits per heavy atom. The van der Waals surface area contributed by atoms with Gasteiger partial charge in [-0.05, 0) is 35.9 Å². The van der Waals surface area contributed by atoms with Crippen molar-refractivity contribution in [2.75, 3.05) is 13.1 Å². The Balaban J connectivity index is 1.60. The van der Waals surface area contributed by atoms with Gasteiger partial charge in [0.15, 0.2) is 0 Å². The van der Waals surface area contributed by atoms with Crippen LogP contribution in [0.4, 0.5) is 0 Å². The van der Waals surface area contributed by atoms with E-state index in [1.165, 1.54) is 17.5 Å². The topological polar surface area (TPSA) is 29.3 Å². The molecule has 0 amide bonds. The van der Waals surface area contributed by atoms with Crippen molar-refractivity contribution < 1.29 is 0 Å². The normalized spacial score (nSPS) is 24.1. The molecular weight excluding hydrogens is 268 g/mol. The van der Waals surface area contributed by atoms with Gasteiger partial charge in [-0.2, -0.15) is 0 Å². The lowest BCUT2D eigenvalue weighted by molar-refractivity contribution is 0.108. The Labute approximate surface area is 134 Å². The zero-order chi connectivity index (χ0) is 15.4. The molecule has 2 nitrogen and oxygen atoms in total. The smallest absolute Gasteiger partial charge is 0.0327 e. The number of benzene rings is 2. The largest absolute Gasteiger partial charge is 0.324 e. The van der Waals surface area contributed by atoms with Gasteiger partial charge in [-0.1, -0.05) is 67.6 Å². The van der Waals surface area contributed by atoms with Gasteiger partial charge in [0.2, 0.25) is 0 Å². The average molecular weight is 294 g/mol. The van der Waals surface area contributed by atoms with Gasteiger partial charge in [-0.3, -0.25) is 4.90 Å². The molecular formula is C20H26N2. The van der Waals surface area contributed by atoms with E-state index in [0.717, 1.165) is 19.6 Å². The van der Waals surface area contributed by atoms with Crippen LogP contribution in [0.3, 0.4) is 0 Å². The van der Waals surface area contributed by atoms with Gasteiger partial charge in [0.1, 0.15) is 0 Å². The Bertz CT molecular complexity index is 567. The molecule has 3 rings (SSSR count). The predicted octanol–water partition coefficient (Wildman–Crippen LogP) is 3.84. The van der Waals surface area contributed by atoms with E-state index in [4.69, 9.17) is 5.73 Å². The van der Waals surface area contributed by atoms with E-state index in [1.807, 2.05) is 0 Å². The third-order valence-corrected chi connectivity index (χ3v) is 4.95. The zero-order valence-electron chi connectivity index (χ0n) is 13.4. The van der Waals surface area contributed by atoms with Crippen LogP contribution in [0, 0.1) is 11.8 Å². The number of piperidine rings is 1. The fourth-order valence-electron chi connectivity index (χ4n) is 3.69. The van der Waals surface area contributed by atoms with Gasteiger partial charge in [-0.25, -0.2) is 0 Å². The maximum absolute atomic E-state index is 6.54. The van der Waals surface area contributed by atoms with Crippen LogP contribution < -0.4 is 5.73 Å². The van der Waals surface area contributed by atoms with Crippen LogP contribution in [-0.2, 0) is 6.54 Å². The van der Waals surface area contributed by atoms with Gasteiger partial charge in [-0.15, -0.1) is 0 Å². The van der Waals surface area contributed by atoms with Crippen molar-refractivity contribution in [3.05, 3.63) is 71.8 Å². The van der Waals surface area contributed by atoms with Crippen molar-refractivity contribution >= 4 is 0 Å². The molecule has 0 aromatic heterocycles. The standard InChI is InChI=1S/C20H26N2/c1-16-14-22(15-17-8-4-2-5-9-17)13-12-19(16)20(21)18-10-6-3-7-11-18/h2-11,16,19-20H,12-15,21H2,1H3. The molecule has 0 saturated carbocycles. The molecule has 1 heterocycles. The highest BCUT2D eigenvalue weighted by Crippen LogP contribution is 2.33. The van der Waals surface area contributed by atoms with Crippen LogP contribution in [0.5, 0.6) is 0 Å². The Kier molecular flexibility index (Phi) is 4.91. The summed E-state index contributed by atoms with van der Waals surface area (Å²) in [6.07, 6.45) is 1.18. The van der Waals surface area contributed by atoms with Gasteiger partial charge in [0.25, 0.3) is 0 Å². The summed E-state index contributed by atoms with van der Waals surface area (Å²) in [7, 11) is 0. The van der Waals surface area contributed by atoms with E-state index in [9.17, 15) is 0 Å². The minimum absolute atomic E-state index is 0.162. The maximum atomic E-state index is 6.54. The molecule has 1 fully saturated rings. The molecule has 2 aromatic rings. The lowest BCUT2D eigenvalue weighted by Crippen LogP contribution is -2.42. The molecule has 2 N–H and O–H groups in total. The number of nitrogens with zero attached hydrogens (tertiary/aromatic N) is 1. The molecule has 0 radical (unpaired) electrons. The Morgan fingerprint density at radius 2 is 1.68 bits per heavy atom. The summed E-state index contributed by atoms with van der Waals surface area (Å²) in [5, 5.41) is 0. The summed E-state index contributed by atoms with van der Waals surface area (Å²) >= 11 is 0. The summed E-state index contributed by atoms with van der Waals surface area (Å²) in [6.45, 7) is 5.69. The fourth-order valence-corrected chi connectivity index (χ4v) is 3.69. The first-order valence-electron chi connectivity index (χ1n) is 8.31. The highest BCUT2D eigenvalue weighted by atomic mass is 15.1. The van der Waals surface area contributed by atoms with Gasteiger partial charge < -0.3 is 5.73 Å². The molecule has 0 bridgehead atoms. The second-order valence-corrected chi connectivity index (χ2v) is 6.59. The maximum Gasteiger partial charge on any atom is 0.0327 e. The van der Waals surface area contributed by atoms with Gasteiger partial charge in [0, 0.05) is 19.1 Å². The van der Waals surface area contributed by atoms with Crippen LogP contribution in [0.15, 0.2) is 60.7 Å². The molecule has 3 atom stereocenters. The van der Waals surface area contributed by atoms with Crippen molar-refractivity contribution in [1.29, 1.82) is 0 Å². The van der Waals surface area contributed by atoms with Crippen LogP contribution in [0.2, 0.25) is 0 Å². The van der Waals surface area contributed by atoms with Crippen LogP contribution >= 0.6 is 0 Å². The molecule has 2 heteroatoms. The third kappa shape index (κ3) is 3.57. The van der Waals surface area contributed by atoms with Crippen molar-refractivity contribution in [1.82, 2.24) is 4.90 Å². The summed E-state index contributed by atoms with van der Waals surface area (Å²) in [5.41, 5.74) is 9.22. The lowest BCUT2D eigenvalue weighted by atomic mass is 9.79. The van der Waals surface area contributed by atoms with Gasteiger partial charge >= 0.3 is 0 Å². The summed E-state index contributed by atoms with van der Waals surface area (Å²) in [4.78, 5) is 2.56. The molecule has 1 aliphatic heterocycles. The highest BCUT2D eigenvalue weighted by Gasteiger charge is 2.30. The highest BCUT2D eigenvalue weighted by molar-refractivity contribution is 5.20. The van der Waals surface area contributed by atoms with E-state index in [1.54, 1.807) is 0 Å². The number of likely N-dealkylation sites (tertiary alicyclic amines) is 1. The minimum Gasteiger partial charge on any atom is -0.324 e. The van der Waals surface area contributed by atoms with E-state index in [0.29, 0.717) is 11.8 Å². The summed E-state index contributed by atoms with van der Waals surface area (Å²) in [6, 6.07) is 21.5. The first-order chi connectivity index (χ1) is 10.7. The number of rotatable bonds is 4. The molecule has 0 spiro atoms. The monoisotopic (exact) mass is 294 g/mol. The molecule has 1 saturated heterocycles. The van der Waals surface area contributed by atoms with Crippen molar-refractivity contribution in [2.45, 2.75) is 25.9 Å². The van der Waals surface area contributed by atoms with Gasteiger partial charge in [0.05, 0.1) is 0 Å². The second-order valence-electron chi connectivity index (χ2n) is 6.59. The molecule has 3 unspecified atom stereocenters. The predicted molar refractivity (Wildman–Crippen MR) is 92.4 cm³/mol. The van der Waals surface area contributed by atoms with Crippen LogP contribution in [0.25, 0.3) is 0 Å². The minimum atomic E-state index is 0.162. The third-order valence-electron chi connectivity index (χ3n) is 4.95. The molecule has 1 aliphatic rings. The zero-order valence-corrected chi connectivity index (χ0v) is 13.4. The summed E-state index contributed by atoms with van der Waals surface area (Å²) < 4.78 is 0. The van der Waals surface area contributed by atoms with Crippen LogP contribution in [0.1, 0.15) is 30.5 Å². The Hall–Kier alpha value is -1.64. The van der Waals surface area contributed by atoms with Crippen molar-refractivity contribution in [3.63, 3.8) is 0 Å². The SMILES string of the molecule is CC1CN(Cc2ccccc2)CCC1C(N)c1ccccc1. The van der Waals surface area contributed by atoms with E-state index in [-0.39, 0.29) is 6.04 Å². The lowest BCUT2D eigenvalue weighted by Gasteiger charge is -2.39. The summed E-state index contributed by atoms with van der Waals surface area (Å²) in [5.74, 6) is 1.21. The average Bonchev–Trinajstić information content (AvgIpc) is 2.56. The van der Waals surface area contributed by atoms with E-state index >= 15 is 0 Å². The second kappa shape index (κ2) is 7.08. The first-order valence-corrected chi connectivity index (χ1v) is 8.31. The van der Waals surface area contributed by atoms with Crippen molar-refractivity contribution in [3.8, 4) is 0 Å². The first kappa shape index (κ1) is 15.3. The number of hydrogen-bond acceptors (Lipinski definition) is 2. The molecule has 22 heavy (non-hydrogen) atoms. The Morgan fingerprint density at radius 1 is 1.05 bits per heavy atom. The van der Waals surface area contributed by atoms with Crippen LogP contribution in [-0.4, -0.2) is 18.0 Å². The quantitative estimate of drug-likeness (QED) is 0.928.